The fourth-order valence-corrected chi connectivity index (χ4v) is 1.23. The lowest BCUT2D eigenvalue weighted by Gasteiger charge is -2.07. The molecule has 6 heteroatoms. The Morgan fingerprint density at radius 2 is 1.94 bits per heavy atom. The first-order valence-electron chi connectivity index (χ1n) is 5.20. The predicted octanol–water partition coefficient (Wildman–Crippen LogP) is 1.65. The van der Waals surface area contributed by atoms with Crippen LogP contribution in [0.2, 0.25) is 0 Å². The number of hydrogen-bond acceptors (Lipinski definition) is 4. The van der Waals surface area contributed by atoms with Crippen molar-refractivity contribution < 1.29 is 9.59 Å². The van der Waals surface area contributed by atoms with E-state index in [0.29, 0.717) is 12.8 Å². The van der Waals surface area contributed by atoms with Crippen LogP contribution in [0.25, 0.3) is 0 Å². The van der Waals surface area contributed by atoms with Gasteiger partial charge in [-0.05, 0) is 23.7 Å². The minimum Gasteiger partial charge on any atom is -0.273 e. The summed E-state index contributed by atoms with van der Waals surface area (Å²) in [5.74, 6) is -0.845. The van der Waals surface area contributed by atoms with Crippen LogP contribution < -0.4 is 10.9 Å². The summed E-state index contributed by atoms with van der Waals surface area (Å²) in [6.07, 6.45) is 1.02. The van der Waals surface area contributed by atoms with Gasteiger partial charge in [0.05, 0.1) is 5.56 Å². The lowest BCUT2D eigenvalue weighted by Crippen LogP contribution is -2.41. The first-order chi connectivity index (χ1) is 8.19. The van der Waals surface area contributed by atoms with Crippen LogP contribution in [0.15, 0.2) is 29.4 Å². The highest BCUT2D eigenvalue weighted by atomic mass is 16.3. The largest absolute Gasteiger partial charge is 0.273 e. The molecule has 0 saturated carbocycles. The zero-order chi connectivity index (χ0) is 12.7. The number of hydrogen-bond donors (Lipinski definition) is 2. The molecule has 2 amide bonds. The standard InChI is InChI=1S/C11H13N3O3/c1-2-5-10(15)12-13-11(16)8-6-3-4-7-9(8)14-17/h3-4,6-7H,2,5H2,1H3,(H,12,15)(H,13,16). The van der Waals surface area contributed by atoms with Gasteiger partial charge in [-0.2, -0.15) is 0 Å². The van der Waals surface area contributed by atoms with Gasteiger partial charge >= 0.3 is 0 Å². The number of nitroso groups, excluding NO2 is 1. The third kappa shape index (κ3) is 3.67. The van der Waals surface area contributed by atoms with Crippen molar-refractivity contribution in [2.24, 2.45) is 5.18 Å². The summed E-state index contributed by atoms with van der Waals surface area (Å²) < 4.78 is 0. The summed E-state index contributed by atoms with van der Waals surface area (Å²) in [4.78, 5) is 33.2. The number of nitrogens with one attached hydrogen (secondary N) is 2. The van der Waals surface area contributed by atoms with Gasteiger partial charge in [0.2, 0.25) is 5.91 Å². The fraction of sp³-hybridized carbons (Fsp3) is 0.273. The van der Waals surface area contributed by atoms with Gasteiger partial charge in [0.15, 0.2) is 0 Å². The maximum absolute atomic E-state index is 11.6. The quantitative estimate of drug-likeness (QED) is 0.614. The molecule has 0 atom stereocenters. The van der Waals surface area contributed by atoms with Crippen molar-refractivity contribution in [1.29, 1.82) is 0 Å². The van der Waals surface area contributed by atoms with E-state index in [-0.39, 0.29) is 17.2 Å². The lowest BCUT2D eigenvalue weighted by molar-refractivity contribution is -0.121. The van der Waals surface area contributed by atoms with Crippen molar-refractivity contribution in [3.8, 4) is 0 Å². The molecule has 2 N–H and O–H groups in total. The van der Waals surface area contributed by atoms with Crippen molar-refractivity contribution in [1.82, 2.24) is 10.9 Å². The summed E-state index contributed by atoms with van der Waals surface area (Å²) in [5, 5.41) is 2.73. The van der Waals surface area contributed by atoms with Gasteiger partial charge in [0.25, 0.3) is 5.91 Å². The molecular formula is C11H13N3O3. The van der Waals surface area contributed by atoms with E-state index in [9.17, 15) is 14.5 Å². The molecule has 90 valence electrons. The summed E-state index contributed by atoms with van der Waals surface area (Å²) in [6.45, 7) is 1.85. The molecule has 1 aromatic rings. The van der Waals surface area contributed by atoms with E-state index in [4.69, 9.17) is 0 Å². The van der Waals surface area contributed by atoms with Gasteiger partial charge < -0.3 is 0 Å². The van der Waals surface area contributed by atoms with Gasteiger partial charge in [-0.3, -0.25) is 20.4 Å². The normalized spacial score (nSPS) is 9.47. The van der Waals surface area contributed by atoms with Gasteiger partial charge in [-0.1, -0.05) is 19.1 Å². The Balaban J connectivity index is 2.64. The van der Waals surface area contributed by atoms with Gasteiger partial charge in [0, 0.05) is 6.42 Å². The first-order valence-corrected chi connectivity index (χ1v) is 5.20. The van der Waals surface area contributed by atoms with E-state index < -0.39 is 5.91 Å². The third-order valence-electron chi connectivity index (χ3n) is 2.04. The maximum Gasteiger partial charge on any atom is 0.272 e. The molecule has 0 fully saturated rings. The second kappa shape index (κ2) is 6.37. The smallest absolute Gasteiger partial charge is 0.272 e. The molecule has 0 unspecified atom stereocenters. The minimum absolute atomic E-state index is 0.0368. The molecule has 0 heterocycles. The second-order valence-corrected chi connectivity index (χ2v) is 3.36. The first kappa shape index (κ1) is 12.8. The molecule has 1 aromatic carbocycles. The van der Waals surface area contributed by atoms with E-state index in [2.05, 4.69) is 16.0 Å². The second-order valence-electron chi connectivity index (χ2n) is 3.36. The highest BCUT2D eigenvalue weighted by Crippen LogP contribution is 2.17. The molecule has 0 aromatic heterocycles. The van der Waals surface area contributed by atoms with Crippen molar-refractivity contribution in [3.63, 3.8) is 0 Å². The Morgan fingerprint density at radius 1 is 1.24 bits per heavy atom. The van der Waals surface area contributed by atoms with Crippen molar-refractivity contribution in [2.75, 3.05) is 0 Å². The number of rotatable bonds is 4. The van der Waals surface area contributed by atoms with Crippen LogP contribution in [0.4, 0.5) is 5.69 Å². The van der Waals surface area contributed by atoms with Crippen LogP contribution in [0, 0.1) is 4.91 Å². The van der Waals surface area contributed by atoms with Crippen LogP contribution in [0.5, 0.6) is 0 Å². The summed E-state index contributed by atoms with van der Waals surface area (Å²) in [6, 6.07) is 6.09. The van der Waals surface area contributed by atoms with Crippen molar-refractivity contribution in [2.45, 2.75) is 19.8 Å². The van der Waals surface area contributed by atoms with Crippen LogP contribution >= 0.6 is 0 Å². The highest BCUT2D eigenvalue weighted by molar-refractivity contribution is 5.99. The van der Waals surface area contributed by atoms with Crippen LogP contribution in [-0.2, 0) is 4.79 Å². The van der Waals surface area contributed by atoms with Crippen LogP contribution in [-0.4, -0.2) is 11.8 Å². The number of nitrogens with zero attached hydrogens (tertiary/aromatic N) is 1. The molecule has 1 rings (SSSR count). The Kier molecular flexibility index (Phi) is 4.80. The molecular weight excluding hydrogens is 222 g/mol. The van der Waals surface area contributed by atoms with Crippen molar-refractivity contribution in [3.05, 3.63) is 34.7 Å². The Hall–Kier alpha value is -2.24. The molecule has 0 radical (unpaired) electrons. The number of benzene rings is 1. The molecule has 0 aliphatic heterocycles. The average Bonchev–Trinajstić information content (AvgIpc) is 2.36. The molecule has 0 aliphatic carbocycles. The zero-order valence-corrected chi connectivity index (χ0v) is 9.40. The van der Waals surface area contributed by atoms with E-state index >= 15 is 0 Å². The maximum atomic E-state index is 11.6. The molecule has 0 spiro atoms. The number of hydrazine groups is 1. The predicted molar refractivity (Wildman–Crippen MR) is 62.4 cm³/mol. The van der Waals surface area contributed by atoms with E-state index in [1.54, 1.807) is 12.1 Å². The van der Waals surface area contributed by atoms with Crippen LogP contribution in [0.1, 0.15) is 30.1 Å². The zero-order valence-electron chi connectivity index (χ0n) is 9.40. The molecule has 6 nitrogen and oxygen atoms in total. The third-order valence-corrected chi connectivity index (χ3v) is 2.04. The van der Waals surface area contributed by atoms with E-state index in [1.807, 2.05) is 6.92 Å². The Morgan fingerprint density at radius 3 is 2.59 bits per heavy atom. The Labute approximate surface area is 98.3 Å². The van der Waals surface area contributed by atoms with Gasteiger partial charge in [-0.25, -0.2) is 0 Å². The topological polar surface area (TPSA) is 87.6 Å². The number of amides is 2. The van der Waals surface area contributed by atoms with Gasteiger partial charge in [0.1, 0.15) is 5.69 Å². The molecule has 0 bridgehead atoms. The number of carbonyl (C=O) groups is 2. The highest BCUT2D eigenvalue weighted by Gasteiger charge is 2.11. The van der Waals surface area contributed by atoms with Gasteiger partial charge in [-0.15, -0.1) is 4.91 Å². The fourth-order valence-electron chi connectivity index (χ4n) is 1.23. The van der Waals surface area contributed by atoms with E-state index in [1.165, 1.54) is 12.1 Å². The summed E-state index contributed by atoms with van der Waals surface area (Å²) in [7, 11) is 0. The molecule has 0 aliphatic rings. The molecule has 0 saturated heterocycles. The van der Waals surface area contributed by atoms with E-state index in [0.717, 1.165) is 0 Å². The molecule has 17 heavy (non-hydrogen) atoms. The number of carbonyl (C=O) groups excluding carboxylic acids is 2. The monoisotopic (exact) mass is 235 g/mol. The van der Waals surface area contributed by atoms with Crippen LogP contribution in [0.3, 0.4) is 0 Å². The Bertz CT molecular complexity index is 432. The summed E-state index contributed by atoms with van der Waals surface area (Å²) in [5.41, 5.74) is 4.63. The minimum atomic E-state index is -0.565. The SMILES string of the molecule is CCCC(=O)NNC(=O)c1ccccc1N=O. The lowest BCUT2D eigenvalue weighted by atomic mass is 10.2. The van der Waals surface area contributed by atoms with Crippen molar-refractivity contribution >= 4 is 17.5 Å². The summed E-state index contributed by atoms with van der Waals surface area (Å²) >= 11 is 0. The average molecular weight is 235 g/mol.